The fourth-order valence-electron chi connectivity index (χ4n) is 4.22. The fourth-order valence-corrected chi connectivity index (χ4v) is 4.22. The summed E-state index contributed by atoms with van der Waals surface area (Å²) >= 11 is 0. The van der Waals surface area contributed by atoms with Gasteiger partial charge in [-0.15, -0.1) is 0 Å². The van der Waals surface area contributed by atoms with E-state index in [4.69, 9.17) is 0 Å². The molecule has 0 aromatic carbocycles. The third-order valence-corrected chi connectivity index (χ3v) is 5.75. The van der Waals surface area contributed by atoms with Gasteiger partial charge in [0.2, 0.25) is 0 Å². The SMILES string of the molecule is CCC1(C)C(=O)C2(C)CCC1C2(C)C. The van der Waals surface area contributed by atoms with E-state index in [9.17, 15) is 4.79 Å². The first-order valence-electron chi connectivity index (χ1n) is 5.85. The van der Waals surface area contributed by atoms with Crippen LogP contribution in [0.5, 0.6) is 0 Å². The van der Waals surface area contributed by atoms with Crippen molar-refractivity contribution in [3.05, 3.63) is 0 Å². The monoisotopic (exact) mass is 194 g/mol. The highest BCUT2D eigenvalue weighted by atomic mass is 16.1. The molecule has 0 aromatic rings. The summed E-state index contributed by atoms with van der Waals surface area (Å²) < 4.78 is 0. The van der Waals surface area contributed by atoms with Crippen molar-refractivity contribution in [2.24, 2.45) is 22.2 Å². The second kappa shape index (κ2) is 2.43. The predicted molar refractivity (Wildman–Crippen MR) is 58.0 cm³/mol. The number of hydrogen-bond acceptors (Lipinski definition) is 1. The standard InChI is InChI=1S/C13H22O/c1-6-12(4)9-7-8-13(5,10(12)14)11(9,2)3/h9H,6-8H2,1-5H3. The first-order valence-corrected chi connectivity index (χ1v) is 5.85. The maximum absolute atomic E-state index is 12.5. The van der Waals surface area contributed by atoms with Crippen LogP contribution in [0, 0.1) is 22.2 Å². The molecule has 1 heteroatoms. The molecule has 2 aliphatic carbocycles. The Hall–Kier alpha value is -0.330. The van der Waals surface area contributed by atoms with Crippen molar-refractivity contribution in [2.75, 3.05) is 0 Å². The summed E-state index contributed by atoms with van der Waals surface area (Å²) in [5.74, 6) is 1.14. The molecule has 0 heterocycles. The van der Waals surface area contributed by atoms with E-state index >= 15 is 0 Å². The molecule has 0 aliphatic heterocycles. The largest absolute Gasteiger partial charge is 0.298 e. The minimum Gasteiger partial charge on any atom is -0.298 e. The summed E-state index contributed by atoms with van der Waals surface area (Å²) in [5, 5.41) is 0. The molecular weight excluding hydrogens is 172 g/mol. The topological polar surface area (TPSA) is 17.1 Å². The molecule has 2 saturated carbocycles. The first kappa shape index (κ1) is 10.2. The van der Waals surface area contributed by atoms with Crippen LogP contribution in [0.1, 0.15) is 53.9 Å². The molecule has 2 bridgehead atoms. The lowest BCUT2D eigenvalue weighted by Crippen LogP contribution is -2.37. The summed E-state index contributed by atoms with van der Waals surface area (Å²) in [4.78, 5) is 12.5. The van der Waals surface area contributed by atoms with E-state index in [0.29, 0.717) is 11.7 Å². The average Bonchev–Trinajstić information content (AvgIpc) is 2.41. The van der Waals surface area contributed by atoms with Crippen LogP contribution in [0.2, 0.25) is 0 Å². The van der Waals surface area contributed by atoms with Gasteiger partial charge in [-0.25, -0.2) is 0 Å². The smallest absolute Gasteiger partial charge is 0.145 e. The van der Waals surface area contributed by atoms with E-state index in [0.717, 1.165) is 12.8 Å². The third-order valence-electron chi connectivity index (χ3n) is 5.75. The van der Waals surface area contributed by atoms with Gasteiger partial charge in [0.05, 0.1) is 0 Å². The summed E-state index contributed by atoms with van der Waals surface area (Å²) in [7, 11) is 0. The molecule has 3 atom stereocenters. The average molecular weight is 194 g/mol. The normalized spacial score (nSPS) is 50.1. The summed E-state index contributed by atoms with van der Waals surface area (Å²) in [6.45, 7) is 11.1. The van der Waals surface area contributed by atoms with Crippen molar-refractivity contribution in [1.82, 2.24) is 0 Å². The Morgan fingerprint density at radius 1 is 1.29 bits per heavy atom. The maximum atomic E-state index is 12.5. The van der Waals surface area contributed by atoms with Crippen molar-refractivity contribution in [1.29, 1.82) is 0 Å². The highest BCUT2D eigenvalue weighted by molar-refractivity contribution is 5.94. The molecule has 2 aliphatic rings. The molecule has 0 spiro atoms. The Morgan fingerprint density at radius 2 is 1.86 bits per heavy atom. The number of ketones is 1. The van der Waals surface area contributed by atoms with E-state index in [-0.39, 0.29) is 16.2 Å². The van der Waals surface area contributed by atoms with Crippen LogP contribution in [-0.4, -0.2) is 5.78 Å². The Balaban J connectivity index is 2.55. The van der Waals surface area contributed by atoms with Gasteiger partial charge in [0.1, 0.15) is 5.78 Å². The molecule has 0 N–H and O–H groups in total. The number of rotatable bonds is 1. The van der Waals surface area contributed by atoms with E-state index in [1.54, 1.807) is 0 Å². The van der Waals surface area contributed by atoms with Gasteiger partial charge < -0.3 is 0 Å². The number of carbonyl (C=O) groups excluding carboxylic acids is 1. The summed E-state index contributed by atoms with van der Waals surface area (Å²) in [6.07, 6.45) is 3.37. The molecule has 0 amide bonds. The molecule has 0 saturated heterocycles. The molecule has 1 nitrogen and oxygen atoms in total. The zero-order valence-electron chi connectivity index (χ0n) is 10.1. The quantitative estimate of drug-likeness (QED) is 0.625. The first-order chi connectivity index (χ1) is 6.30. The Bertz CT molecular complexity index is 292. The Morgan fingerprint density at radius 3 is 2.14 bits per heavy atom. The van der Waals surface area contributed by atoms with Gasteiger partial charge in [-0.1, -0.05) is 34.6 Å². The van der Waals surface area contributed by atoms with E-state index < -0.39 is 0 Å². The number of hydrogen-bond donors (Lipinski definition) is 0. The van der Waals surface area contributed by atoms with Crippen LogP contribution in [0.3, 0.4) is 0 Å². The summed E-state index contributed by atoms with van der Waals surface area (Å²) in [5.41, 5.74) is 0.147. The molecule has 0 radical (unpaired) electrons. The van der Waals surface area contributed by atoms with Gasteiger partial charge in [0.15, 0.2) is 0 Å². The lowest BCUT2D eigenvalue weighted by molar-refractivity contribution is -0.136. The molecule has 2 fully saturated rings. The van der Waals surface area contributed by atoms with Crippen LogP contribution in [-0.2, 0) is 4.79 Å². The molecule has 80 valence electrons. The van der Waals surface area contributed by atoms with Crippen molar-refractivity contribution in [3.63, 3.8) is 0 Å². The van der Waals surface area contributed by atoms with Crippen molar-refractivity contribution in [3.8, 4) is 0 Å². The van der Waals surface area contributed by atoms with Gasteiger partial charge in [-0.3, -0.25) is 4.79 Å². The van der Waals surface area contributed by atoms with Crippen molar-refractivity contribution >= 4 is 5.78 Å². The van der Waals surface area contributed by atoms with E-state index in [1.807, 2.05) is 0 Å². The van der Waals surface area contributed by atoms with Crippen molar-refractivity contribution in [2.45, 2.75) is 53.9 Å². The zero-order valence-corrected chi connectivity index (χ0v) is 10.1. The summed E-state index contributed by atoms with van der Waals surface area (Å²) in [6, 6.07) is 0. The maximum Gasteiger partial charge on any atom is 0.145 e. The molecule has 2 rings (SSSR count). The molecule has 3 unspecified atom stereocenters. The third kappa shape index (κ3) is 0.765. The zero-order chi connectivity index (χ0) is 10.8. The number of fused-ring (bicyclic) bond motifs is 2. The molecular formula is C13H22O. The highest BCUT2D eigenvalue weighted by Gasteiger charge is 2.70. The van der Waals surface area contributed by atoms with Gasteiger partial charge >= 0.3 is 0 Å². The number of Topliss-reactive ketones (excluding diaryl/α,β-unsaturated/α-hetero) is 1. The van der Waals surface area contributed by atoms with Crippen LogP contribution in [0.25, 0.3) is 0 Å². The minimum atomic E-state index is -0.0393. The van der Waals surface area contributed by atoms with Gasteiger partial charge in [0.25, 0.3) is 0 Å². The second-order valence-electron chi connectivity index (χ2n) is 6.25. The lowest BCUT2D eigenvalue weighted by atomic mass is 9.69. The lowest BCUT2D eigenvalue weighted by Gasteiger charge is -2.33. The van der Waals surface area contributed by atoms with Crippen molar-refractivity contribution < 1.29 is 4.79 Å². The minimum absolute atomic E-state index is 0.0312. The van der Waals surface area contributed by atoms with Crippen LogP contribution < -0.4 is 0 Å². The van der Waals surface area contributed by atoms with E-state index in [2.05, 4.69) is 34.6 Å². The highest BCUT2D eigenvalue weighted by Crippen LogP contribution is 2.70. The molecule has 0 aromatic heterocycles. The van der Waals surface area contributed by atoms with Crippen LogP contribution >= 0.6 is 0 Å². The van der Waals surface area contributed by atoms with Crippen LogP contribution in [0.15, 0.2) is 0 Å². The fraction of sp³-hybridized carbons (Fsp3) is 0.923. The van der Waals surface area contributed by atoms with Gasteiger partial charge in [-0.2, -0.15) is 0 Å². The van der Waals surface area contributed by atoms with Gasteiger partial charge in [-0.05, 0) is 30.6 Å². The Kier molecular flexibility index (Phi) is 1.77. The van der Waals surface area contributed by atoms with Gasteiger partial charge in [0, 0.05) is 10.8 Å². The van der Waals surface area contributed by atoms with Crippen LogP contribution in [0.4, 0.5) is 0 Å². The van der Waals surface area contributed by atoms with E-state index in [1.165, 1.54) is 6.42 Å². The molecule has 14 heavy (non-hydrogen) atoms. The predicted octanol–water partition coefficient (Wildman–Crippen LogP) is 3.43. The second-order valence-corrected chi connectivity index (χ2v) is 6.25. The Labute approximate surface area is 87.3 Å². The number of carbonyl (C=O) groups is 1.